The summed E-state index contributed by atoms with van der Waals surface area (Å²) in [5.41, 5.74) is 2.62. The molecule has 1 heterocycles. The summed E-state index contributed by atoms with van der Waals surface area (Å²) < 4.78 is 0. The van der Waals surface area contributed by atoms with Gasteiger partial charge in [-0.2, -0.15) is 0 Å². The van der Waals surface area contributed by atoms with Crippen LogP contribution in [0.4, 0.5) is 5.69 Å². The van der Waals surface area contributed by atoms with Crippen molar-refractivity contribution < 1.29 is 5.11 Å². The van der Waals surface area contributed by atoms with Crippen molar-refractivity contribution in [2.24, 2.45) is 0 Å². The summed E-state index contributed by atoms with van der Waals surface area (Å²) >= 11 is 0. The summed E-state index contributed by atoms with van der Waals surface area (Å²) in [4.78, 5) is 2.34. The molecule has 1 aliphatic rings. The first-order valence-electron chi connectivity index (χ1n) is 6.79. The normalized spacial score (nSPS) is 23.8. The molecular weight excluding hydrogens is 224 g/mol. The molecule has 2 N–H and O–H groups in total. The van der Waals surface area contributed by atoms with Crippen molar-refractivity contribution in [2.45, 2.75) is 38.8 Å². The fourth-order valence-corrected chi connectivity index (χ4v) is 2.66. The Bertz CT molecular complexity index is 403. The Morgan fingerprint density at radius 2 is 2.11 bits per heavy atom. The van der Waals surface area contributed by atoms with Gasteiger partial charge >= 0.3 is 0 Å². The van der Waals surface area contributed by atoms with E-state index < -0.39 is 0 Å². The summed E-state index contributed by atoms with van der Waals surface area (Å²) in [7, 11) is 0. The minimum Gasteiger partial charge on any atom is -0.390 e. The van der Waals surface area contributed by atoms with Crippen molar-refractivity contribution in [3.8, 4) is 0 Å². The van der Waals surface area contributed by atoms with Crippen LogP contribution in [-0.4, -0.2) is 36.4 Å². The maximum Gasteiger partial charge on any atom is 0.0839 e. The second-order valence-corrected chi connectivity index (χ2v) is 5.69. The van der Waals surface area contributed by atoms with Gasteiger partial charge in [0.2, 0.25) is 0 Å². The zero-order valence-electron chi connectivity index (χ0n) is 11.6. The largest absolute Gasteiger partial charge is 0.390 e. The Hall–Kier alpha value is -1.06. The lowest BCUT2D eigenvalue weighted by molar-refractivity contribution is 0.183. The molecule has 0 saturated carbocycles. The van der Waals surface area contributed by atoms with Crippen molar-refractivity contribution in [3.05, 3.63) is 29.8 Å². The molecule has 0 amide bonds. The van der Waals surface area contributed by atoms with Gasteiger partial charge in [-0.1, -0.05) is 25.1 Å². The van der Waals surface area contributed by atoms with E-state index in [1.807, 2.05) is 0 Å². The highest BCUT2D eigenvalue weighted by molar-refractivity contribution is 5.56. The molecule has 3 heteroatoms. The highest BCUT2D eigenvalue weighted by Crippen LogP contribution is 2.29. The summed E-state index contributed by atoms with van der Waals surface area (Å²) in [6.45, 7) is 8.89. The lowest BCUT2D eigenvalue weighted by Gasteiger charge is -2.40. The highest BCUT2D eigenvalue weighted by Gasteiger charge is 2.32. The van der Waals surface area contributed by atoms with Gasteiger partial charge in [-0.3, -0.25) is 0 Å². The van der Waals surface area contributed by atoms with Gasteiger partial charge < -0.3 is 15.3 Å². The maximum atomic E-state index is 10.0. The van der Waals surface area contributed by atoms with E-state index in [4.69, 9.17) is 0 Å². The number of rotatable bonds is 2. The smallest absolute Gasteiger partial charge is 0.0839 e. The van der Waals surface area contributed by atoms with Gasteiger partial charge in [-0.15, -0.1) is 0 Å². The number of benzene rings is 1. The van der Waals surface area contributed by atoms with E-state index in [1.165, 1.54) is 11.3 Å². The topological polar surface area (TPSA) is 35.5 Å². The molecule has 0 bridgehead atoms. The average molecular weight is 248 g/mol. The second kappa shape index (κ2) is 5.29. The summed E-state index contributed by atoms with van der Waals surface area (Å²) in [5, 5.41) is 13.3. The molecule has 1 aliphatic heterocycles. The number of nitrogens with zero attached hydrogens (tertiary/aromatic N) is 1. The van der Waals surface area contributed by atoms with Crippen LogP contribution in [0.1, 0.15) is 26.3 Å². The van der Waals surface area contributed by atoms with Crippen LogP contribution < -0.4 is 10.2 Å². The quantitative estimate of drug-likeness (QED) is 0.838. The zero-order chi connectivity index (χ0) is 13.2. The zero-order valence-corrected chi connectivity index (χ0v) is 11.6. The van der Waals surface area contributed by atoms with Gasteiger partial charge in [-0.05, 0) is 31.9 Å². The number of hydrogen-bond donors (Lipinski definition) is 2. The molecular formula is C15H24N2O. The molecule has 1 saturated heterocycles. The minimum atomic E-state index is -0.309. The third kappa shape index (κ3) is 2.68. The van der Waals surface area contributed by atoms with Crippen LogP contribution in [0.15, 0.2) is 24.3 Å². The number of β-amino-alcohol motifs (C(OH)–C–C–N with tert-alkyl or cyclic N) is 1. The molecule has 1 aromatic carbocycles. The van der Waals surface area contributed by atoms with Crippen LogP contribution in [0.25, 0.3) is 0 Å². The van der Waals surface area contributed by atoms with Crippen LogP contribution in [0.2, 0.25) is 0 Å². The lowest BCUT2D eigenvalue weighted by Crippen LogP contribution is -2.49. The van der Waals surface area contributed by atoms with Crippen molar-refractivity contribution in [2.75, 3.05) is 24.5 Å². The molecule has 2 rings (SSSR count). The Labute approximate surface area is 110 Å². The van der Waals surface area contributed by atoms with E-state index in [2.05, 4.69) is 55.3 Å². The van der Waals surface area contributed by atoms with Crippen LogP contribution in [0.3, 0.4) is 0 Å². The Kier molecular flexibility index (Phi) is 3.93. The van der Waals surface area contributed by atoms with Crippen molar-refractivity contribution in [3.63, 3.8) is 0 Å². The summed E-state index contributed by atoms with van der Waals surface area (Å²) in [5.74, 6) is 0. The highest BCUT2D eigenvalue weighted by atomic mass is 16.3. The van der Waals surface area contributed by atoms with Crippen molar-refractivity contribution in [1.29, 1.82) is 0 Å². The number of aryl methyl sites for hydroxylation is 1. The van der Waals surface area contributed by atoms with E-state index in [1.54, 1.807) is 0 Å². The Morgan fingerprint density at radius 3 is 2.83 bits per heavy atom. The summed E-state index contributed by atoms with van der Waals surface area (Å²) in [6, 6.07) is 8.51. The number of aliphatic hydroxyl groups excluding tert-OH is 1. The van der Waals surface area contributed by atoms with Gasteiger partial charge in [0.05, 0.1) is 6.10 Å². The SMILES string of the molecule is CCc1ccccc1N1CC(O)CNCC1(C)C. The van der Waals surface area contributed by atoms with Gasteiger partial charge in [0.15, 0.2) is 0 Å². The predicted octanol–water partition coefficient (Wildman–Crippen LogP) is 1.80. The van der Waals surface area contributed by atoms with E-state index in [9.17, 15) is 5.11 Å². The molecule has 3 nitrogen and oxygen atoms in total. The lowest BCUT2D eigenvalue weighted by atomic mass is 9.99. The molecule has 1 fully saturated rings. The standard InChI is InChI=1S/C15H24N2O/c1-4-12-7-5-6-8-14(12)17-10-13(18)9-16-11-15(17,2)3/h5-8,13,16,18H,4,9-11H2,1-3H3. The third-order valence-electron chi connectivity index (χ3n) is 3.72. The first-order valence-corrected chi connectivity index (χ1v) is 6.79. The number of hydrogen-bond acceptors (Lipinski definition) is 3. The monoisotopic (exact) mass is 248 g/mol. The fraction of sp³-hybridized carbons (Fsp3) is 0.600. The van der Waals surface area contributed by atoms with Crippen LogP contribution in [0.5, 0.6) is 0 Å². The van der Waals surface area contributed by atoms with Crippen molar-refractivity contribution in [1.82, 2.24) is 5.32 Å². The molecule has 1 aromatic rings. The molecule has 0 radical (unpaired) electrons. The second-order valence-electron chi connectivity index (χ2n) is 5.69. The van der Waals surface area contributed by atoms with Gasteiger partial charge in [0.25, 0.3) is 0 Å². The van der Waals surface area contributed by atoms with Gasteiger partial charge in [0.1, 0.15) is 0 Å². The number of anilines is 1. The van der Waals surface area contributed by atoms with Crippen molar-refractivity contribution >= 4 is 5.69 Å². The summed E-state index contributed by atoms with van der Waals surface area (Å²) in [6.07, 6.45) is 0.711. The van der Waals surface area contributed by atoms with Gasteiger partial charge in [-0.25, -0.2) is 0 Å². The minimum absolute atomic E-state index is 0.0166. The Morgan fingerprint density at radius 1 is 1.39 bits per heavy atom. The molecule has 1 atom stereocenters. The van der Waals surface area contributed by atoms with E-state index >= 15 is 0 Å². The van der Waals surface area contributed by atoms with E-state index in [-0.39, 0.29) is 11.6 Å². The van der Waals surface area contributed by atoms with E-state index in [0.29, 0.717) is 13.1 Å². The molecule has 18 heavy (non-hydrogen) atoms. The number of nitrogens with one attached hydrogen (secondary N) is 1. The average Bonchev–Trinajstić information content (AvgIpc) is 2.48. The third-order valence-corrected chi connectivity index (χ3v) is 3.72. The first kappa shape index (κ1) is 13.4. The number of para-hydroxylation sites is 1. The number of aliphatic hydroxyl groups is 1. The van der Waals surface area contributed by atoms with Gasteiger partial charge in [0, 0.05) is 30.9 Å². The predicted molar refractivity (Wildman–Crippen MR) is 76.1 cm³/mol. The molecule has 0 aliphatic carbocycles. The maximum absolute atomic E-state index is 10.0. The molecule has 0 aromatic heterocycles. The van der Waals surface area contributed by atoms with Crippen LogP contribution in [-0.2, 0) is 6.42 Å². The van der Waals surface area contributed by atoms with Crippen LogP contribution in [0, 0.1) is 0 Å². The van der Waals surface area contributed by atoms with Crippen LogP contribution >= 0.6 is 0 Å². The molecule has 1 unspecified atom stereocenters. The molecule has 100 valence electrons. The molecule has 0 spiro atoms. The van der Waals surface area contributed by atoms with E-state index in [0.717, 1.165) is 13.0 Å². The first-order chi connectivity index (χ1) is 8.54. The fourth-order valence-electron chi connectivity index (χ4n) is 2.66. The Balaban J connectivity index is 2.38.